The first-order valence-corrected chi connectivity index (χ1v) is 6.47. The van der Waals surface area contributed by atoms with Crippen LogP contribution in [0.25, 0.3) is 0 Å². The minimum atomic E-state index is 0.217. The largest absolute Gasteiger partial charge is 0.299 e. The Balaban J connectivity index is 4.49. The molecular weight excluding hydrogens is 196 g/mol. The monoisotopic (exact) mass is 224 g/mol. The zero-order chi connectivity index (χ0) is 12.8. The summed E-state index contributed by atoms with van der Waals surface area (Å²) in [7, 11) is 0. The van der Waals surface area contributed by atoms with Gasteiger partial charge < -0.3 is 0 Å². The molecule has 16 heavy (non-hydrogen) atoms. The summed E-state index contributed by atoms with van der Waals surface area (Å²) >= 11 is 0. The Bertz CT molecular complexity index is 226. The number of carbonyl (C=O) groups is 1. The summed E-state index contributed by atoms with van der Waals surface area (Å²) < 4.78 is 0. The zero-order valence-corrected chi connectivity index (χ0v) is 11.7. The first-order valence-electron chi connectivity index (χ1n) is 6.47. The van der Waals surface area contributed by atoms with Crippen molar-refractivity contribution in [3.05, 3.63) is 12.7 Å². The molecule has 1 nitrogen and oxygen atoms in total. The second kappa shape index (κ2) is 6.88. The SMILES string of the molecule is C=CCCC(=O)C(CC(C)(C)CC)C(C)C. The lowest BCUT2D eigenvalue weighted by molar-refractivity contribution is -0.125. The minimum absolute atomic E-state index is 0.217. The molecule has 0 rings (SSSR count). The van der Waals surface area contributed by atoms with Gasteiger partial charge in [0.15, 0.2) is 0 Å². The van der Waals surface area contributed by atoms with Crippen LogP contribution in [0.1, 0.15) is 60.3 Å². The van der Waals surface area contributed by atoms with E-state index in [1.807, 2.05) is 6.08 Å². The van der Waals surface area contributed by atoms with Crippen LogP contribution in [-0.2, 0) is 4.79 Å². The lowest BCUT2D eigenvalue weighted by Crippen LogP contribution is -2.26. The topological polar surface area (TPSA) is 17.1 Å². The predicted octanol–water partition coefficient (Wildman–Crippen LogP) is 4.62. The quantitative estimate of drug-likeness (QED) is 0.550. The van der Waals surface area contributed by atoms with Gasteiger partial charge in [0.05, 0.1) is 0 Å². The van der Waals surface area contributed by atoms with E-state index in [2.05, 4.69) is 41.2 Å². The molecule has 0 aliphatic heterocycles. The lowest BCUT2D eigenvalue weighted by atomic mass is 9.74. The van der Waals surface area contributed by atoms with Crippen LogP contribution >= 0.6 is 0 Å². The first kappa shape index (κ1) is 15.4. The van der Waals surface area contributed by atoms with Crippen molar-refractivity contribution in [1.29, 1.82) is 0 Å². The molecule has 0 aromatic rings. The number of carbonyl (C=O) groups excluding carboxylic acids is 1. The summed E-state index contributed by atoms with van der Waals surface area (Å²) in [6.07, 6.45) is 5.45. The Morgan fingerprint density at radius 2 is 1.94 bits per heavy atom. The Hall–Kier alpha value is -0.590. The molecule has 0 saturated carbocycles. The maximum absolute atomic E-state index is 12.1. The highest BCUT2D eigenvalue weighted by atomic mass is 16.1. The molecule has 0 radical (unpaired) electrons. The van der Waals surface area contributed by atoms with E-state index < -0.39 is 0 Å². The van der Waals surface area contributed by atoms with Gasteiger partial charge in [-0.3, -0.25) is 4.79 Å². The van der Waals surface area contributed by atoms with Gasteiger partial charge in [-0.25, -0.2) is 0 Å². The average Bonchev–Trinajstić information content (AvgIpc) is 2.22. The van der Waals surface area contributed by atoms with Crippen molar-refractivity contribution in [3.8, 4) is 0 Å². The lowest BCUT2D eigenvalue weighted by Gasteiger charge is -2.30. The minimum Gasteiger partial charge on any atom is -0.299 e. The second-order valence-corrected chi connectivity index (χ2v) is 5.87. The van der Waals surface area contributed by atoms with E-state index in [0.717, 1.165) is 19.3 Å². The van der Waals surface area contributed by atoms with Gasteiger partial charge in [-0.1, -0.05) is 47.1 Å². The van der Waals surface area contributed by atoms with Crippen molar-refractivity contribution in [3.63, 3.8) is 0 Å². The van der Waals surface area contributed by atoms with Crippen molar-refractivity contribution in [2.24, 2.45) is 17.3 Å². The molecule has 1 unspecified atom stereocenters. The van der Waals surface area contributed by atoms with E-state index in [9.17, 15) is 4.79 Å². The summed E-state index contributed by atoms with van der Waals surface area (Å²) in [5.41, 5.74) is 0.277. The van der Waals surface area contributed by atoms with Crippen LogP contribution in [0.2, 0.25) is 0 Å². The fourth-order valence-electron chi connectivity index (χ4n) is 1.89. The molecule has 1 heteroatoms. The van der Waals surface area contributed by atoms with Gasteiger partial charge in [0.25, 0.3) is 0 Å². The average molecular weight is 224 g/mol. The van der Waals surface area contributed by atoms with Crippen LogP contribution in [0.4, 0.5) is 0 Å². The highest BCUT2D eigenvalue weighted by Crippen LogP contribution is 2.33. The number of rotatable bonds is 8. The van der Waals surface area contributed by atoms with E-state index in [1.54, 1.807) is 0 Å². The van der Waals surface area contributed by atoms with Crippen LogP contribution in [0, 0.1) is 17.3 Å². The van der Waals surface area contributed by atoms with Gasteiger partial charge >= 0.3 is 0 Å². The van der Waals surface area contributed by atoms with Gasteiger partial charge in [0, 0.05) is 12.3 Å². The van der Waals surface area contributed by atoms with Crippen molar-refractivity contribution < 1.29 is 4.79 Å². The highest BCUT2D eigenvalue weighted by Gasteiger charge is 2.28. The summed E-state index contributed by atoms with van der Waals surface area (Å²) in [5.74, 6) is 1.08. The molecule has 0 aliphatic carbocycles. The fraction of sp³-hybridized carbons (Fsp3) is 0.800. The molecule has 0 N–H and O–H groups in total. The molecule has 0 spiro atoms. The molecule has 0 heterocycles. The number of Topliss-reactive ketones (excluding diaryl/α,β-unsaturated/α-hetero) is 1. The van der Waals surface area contributed by atoms with Crippen LogP contribution in [0.3, 0.4) is 0 Å². The van der Waals surface area contributed by atoms with Crippen LogP contribution in [0.5, 0.6) is 0 Å². The van der Waals surface area contributed by atoms with Crippen molar-refractivity contribution in [1.82, 2.24) is 0 Å². The Morgan fingerprint density at radius 1 is 1.38 bits per heavy atom. The van der Waals surface area contributed by atoms with Crippen LogP contribution in [-0.4, -0.2) is 5.78 Å². The summed E-state index contributed by atoms with van der Waals surface area (Å²) in [5, 5.41) is 0. The second-order valence-electron chi connectivity index (χ2n) is 5.87. The van der Waals surface area contributed by atoms with E-state index in [1.165, 1.54) is 0 Å². The van der Waals surface area contributed by atoms with Crippen molar-refractivity contribution in [2.45, 2.75) is 60.3 Å². The Labute approximate surface area is 101 Å². The summed E-state index contributed by atoms with van der Waals surface area (Å²) in [6.45, 7) is 14.7. The molecule has 0 bridgehead atoms. The fourth-order valence-corrected chi connectivity index (χ4v) is 1.89. The normalized spacial score (nSPS) is 13.9. The van der Waals surface area contributed by atoms with E-state index in [0.29, 0.717) is 18.1 Å². The molecule has 0 fully saturated rings. The number of hydrogen-bond donors (Lipinski definition) is 0. The molecule has 0 aliphatic rings. The number of ketones is 1. The maximum atomic E-state index is 12.1. The Kier molecular flexibility index (Phi) is 6.62. The van der Waals surface area contributed by atoms with Crippen molar-refractivity contribution >= 4 is 5.78 Å². The van der Waals surface area contributed by atoms with E-state index in [4.69, 9.17) is 0 Å². The van der Waals surface area contributed by atoms with E-state index in [-0.39, 0.29) is 11.3 Å². The van der Waals surface area contributed by atoms with Crippen LogP contribution in [0.15, 0.2) is 12.7 Å². The van der Waals surface area contributed by atoms with Gasteiger partial charge in [0.1, 0.15) is 5.78 Å². The van der Waals surface area contributed by atoms with Crippen LogP contribution < -0.4 is 0 Å². The molecular formula is C15H28O. The molecule has 1 atom stereocenters. The zero-order valence-electron chi connectivity index (χ0n) is 11.7. The molecule has 0 aromatic carbocycles. The smallest absolute Gasteiger partial charge is 0.136 e. The van der Waals surface area contributed by atoms with Gasteiger partial charge in [-0.05, 0) is 24.2 Å². The third-order valence-corrected chi connectivity index (χ3v) is 3.54. The van der Waals surface area contributed by atoms with Gasteiger partial charge in [-0.2, -0.15) is 0 Å². The molecule has 0 amide bonds. The standard InChI is InChI=1S/C15H28O/c1-7-9-10-14(16)13(12(3)4)11-15(5,6)8-2/h7,12-13H,1,8-11H2,2-6H3. The number of hydrogen-bond acceptors (Lipinski definition) is 1. The van der Waals surface area contributed by atoms with Gasteiger partial charge in [0.2, 0.25) is 0 Å². The third-order valence-electron chi connectivity index (χ3n) is 3.54. The van der Waals surface area contributed by atoms with Crippen molar-refractivity contribution in [2.75, 3.05) is 0 Å². The van der Waals surface area contributed by atoms with Gasteiger partial charge in [-0.15, -0.1) is 6.58 Å². The third kappa shape index (κ3) is 5.48. The predicted molar refractivity (Wildman–Crippen MR) is 71.5 cm³/mol. The first-order chi connectivity index (χ1) is 7.34. The Morgan fingerprint density at radius 3 is 2.31 bits per heavy atom. The summed E-state index contributed by atoms with van der Waals surface area (Å²) in [4.78, 5) is 12.1. The summed E-state index contributed by atoms with van der Waals surface area (Å²) in [6, 6.07) is 0. The molecule has 0 saturated heterocycles. The molecule has 94 valence electrons. The number of allylic oxidation sites excluding steroid dienone is 1. The highest BCUT2D eigenvalue weighted by molar-refractivity contribution is 5.81. The molecule has 0 aromatic heterocycles. The van der Waals surface area contributed by atoms with E-state index >= 15 is 0 Å². The maximum Gasteiger partial charge on any atom is 0.136 e.